The minimum absolute atomic E-state index is 0.00233. The maximum atomic E-state index is 12.4. The number of carbonyl (C=O) groups excluding carboxylic acids is 1. The molecule has 1 aromatic heterocycles. The Bertz CT molecular complexity index is 783. The number of rotatable bonds is 3. The van der Waals surface area contributed by atoms with E-state index in [-0.39, 0.29) is 17.2 Å². The molecule has 0 bridgehead atoms. The Morgan fingerprint density at radius 3 is 2.86 bits per heavy atom. The molecule has 0 aliphatic rings. The summed E-state index contributed by atoms with van der Waals surface area (Å²) in [6.07, 6.45) is 1.39. The second-order valence-electron chi connectivity index (χ2n) is 4.78. The number of nitrogens with zero attached hydrogens (tertiary/aromatic N) is 3. The summed E-state index contributed by atoms with van der Waals surface area (Å²) < 4.78 is 0. The molecule has 0 spiro atoms. The maximum absolute atomic E-state index is 12.4. The SMILES string of the molecule is CN(Cc1ncn[nH]1)C(=O)c1ccc2ccccc2c1O. The number of carbonyl (C=O) groups is 1. The molecule has 6 heteroatoms. The minimum atomic E-state index is -0.269. The zero-order valence-corrected chi connectivity index (χ0v) is 11.4. The van der Waals surface area contributed by atoms with E-state index in [9.17, 15) is 9.90 Å². The number of benzene rings is 2. The molecule has 0 fully saturated rings. The maximum Gasteiger partial charge on any atom is 0.257 e. The van der Waals surface area contributed by atoms with Gasteiger partial charge in [0.15, 0.2) is 0 Å². The molecule has 1 amide bonds. The summed E-state index contributed by atoms with van der Waals surface area (Å²) in [7, 11) is 1.65. The molecule has 106 valence electrons. The fourth-order valence-electron chi connectivity index (χ4n) is 2.24. The third-order valence-corrected chi connectivity index (χ3v) is 3.33. The highest BCUT2D eigenvalue weighted by Gasteiger charge is 2.18. The largest absolute Gasteiger partial charge is 0.506 e. The fraction of sp³-hybridized carbons (Fsp3) is 0.133. The average molecular weight is 282 g/mol. The molecular formula is C15H14N4O2. The van der Waals surface area contributed by atoms with Crippen LogP contribution in [0.1, 0.15) is 16.2 Å². The quantitative estimate of drug-likeness (QED) is 0.769. The fourth-order valence-corrected chi connectivity index (χ4v) is 2.24. The number of aromatic hydroxyl groups is 1. The summed E-state index contributed by atoms with van der Waals surface area (Å²) in [6, 6.07) is 10.9. The van der Waals surface area contributed by atoms with Gasteiger partial charge in [-0.05, 0) is 11.5 Å². The van der Waals surface area contributed by atoms with E-state index in [0.29, 0.717) is 17.8 Å². The Balaban J connectivity index is 1.92. The molecule has 0 radical (unpaired) electrons. The van der Waals surface area contributed by atoms with Gasteiger partial charge < -0.3 is 10.0 Å². The molecule has 0 aliphatic carbocycles. The number of fused-ring (bicyclic) bond motifs is 1. The van der Waals surface area contributed by atoms with Gasteiger partial charge in [-0.25, -0.2) is 4.98 Å². The number of phenolic OH excluding ortho intramolecular Hbond substituents is 1. The summed E-state index contributed by atoms with van der Waals surface area (Å²) in [6.45, 7) is 0.297. The molecule has 3 aromatic rings. The smallest absolute Gasteiger partial charge is 0.257 e. The van der Waals surface area contributed by atoms with Crippen molar-refractivity contribution >= 4 is 16.7 Å². The zero-order valence-electron chi connectivity index (χ0n) is 11.4. The van der Waals surface area contributed by atoms with Gasteiger partial charge in [-0.3, -0.25) is 9.89 Å². The molecule has 2 aromatic carbocycles. The summed E-state index contributed by atoms with van der Waals surface area (Å²) in [4.78, 5) is 17.9. The van der Waals surface area contributed by atoms with E-state index < -0.39 is 0 Å². The highest BCUT2D eigenvalue weighted by atomic mass is 16.3. The van der Waals surface area contributed by atoms with Gasteiger partial charge in [-0.2, -0.15) is 5.10 Å². The van der Waals surface area contributed by atoms with E-state index in [1.807, 2.05) is 24.3 Å². The van der Waals surface area contributed by atoms with E-state index >= 15 is 0 Å². The molecule has 3 rings (SSSR count). The minimum Gasteiger partial charge on any atom is -0.506 e. The van der Waals surface area contributed by atoms with E-state index in [1.54, 1.807) is 19.2 Å². The summed E-state index contributed by atoms with van der Waals surface area (Å²) in [5.41, 5.74) is 0.274. The Morgan fingerprint density at radius 1 is 1.29 bits per heavy atom. The highest BCUT2D eigenvalue weighted by Crippen LogP contribution is 2.29. The van der Waals surface area contributed by atoms with E-state index in [1.165, 1.54) is 11.2 Å². The Hall–Kier alpha value is -2.89. The third-order valence-electron chi connectivity index (χ3n) is 3.33. The number of hydrogen-bond donors (Lipinski definition) is 2. The van der Waals surface area contributed by atoms with Gasteiger partial charge >= 0.3 is 0 Å². The average Bonchev–Trinajstić information content (AvgIpc) is 3.00. The summed E-state index contributed by atoms with van der Waals surface area (Å²) in [5.74, 6) is 0.323. The van der Waals surface area contributed by atoms with Crippen LogP contribution in [0.3, 0.4) is 0 Å². The van der Waals surface area contributed by atoms with Gasteiger partial charge in [0.25, 0.3) is 5.91 Å². The van der Waals surface area contributed by atoms with Crippen LogP contribution in [-0.2, 0) is 6.54 Å². The first-order valence-electron chi connectivity index (χ1n) is 6.47. The Morgan fingerprint density at radius 2 is 2.10 bits per heavy atom. The molecule has 6 nitrogen and oxygen atoms in total. The third kappa shape index (κ3) is 2.43. The summed E-state index contributed by atoms with van der Waals surface area (Å²) in [5, 5.41) is 18.3. The van der Waals surface area contributed by atoms with Crippen molar-refractivity contribution in [3.8, 4) is 5.75 Å². The first kappa shape index (κ1) is 13.1. The van der Waals surface area contributed by atoms with Crippen LogP contribution in [0.5, 0.6) is 5.75 Å². The van der Waals surface area contributed by atoms with Crippen LogP contribution in [0.2, 0.25) is 0 Å². The van der Waals surface area contributed by atoms with Crippen molar-refractivity contribution in [3.05, 3.63) is 54.1 Å². The lowest BCUT2D eigenvalue weighted by atomic mass is 10.0. The van der Waals surface area contributed by atoms with Crippen molar-refractivity contribution in [1.82, 2.24) is 20.1 Å². The summed E-state index contributed by atoms with van der Waals surface area (Å²) >= 11 is 0. The van der Waals surface area contributed by atoms with E-state index in [2.05, 4.69) is 15.2 Å². The molecule has 2 N–H and O–H groups in total. The second-order valence-corrected chi connectivity index (χ2v) is 4.78. The topological polar surface area (TPSA) is 82.1 Å². The molecular weight excluding hydrogens is 268 g/mol. The molecule has 0 aliphatic heterocycles. The predicted molar refractivity (Wildman–Crippen MR) is 77.8 cm³/mol. The van der Waals surface area contributed by atoms with Crippen LogP contribution < -0.4 is 0 Å². The number of nitrogens with one attached hydrogen (secondary N) is 1. The van der Waals surface area contributed by atoms with E-state index in [0.717, 1.165) is 5.39 Å². The molecule has 0 saturated heterocycles. The molecule has 0 unspecified atom stereocenters. The normalized spacial score (nSPS) is 10.7. The molecule has 1 heterocycles. The van der Waals surface area contributed by atoms with Crippen molar-refractivity contribution in [2.75, 3.05) is 7.05 Å². The van der Waals surface area contributed by atoms with Gasteiger partial charge in [0.05, 0.1) is 12.1 Å². The lowest BCUT2D eigenvalue weighted by Crippen LogP contribution is -2.26. The van der Waals surface area contributed by atoms with Crippen LogP contribution >= 0.6 is 0 Å². The van der Waals surface area contributed by atoms with Gasteiger partial charge in [-0.1, -0.05) is 30.3 Å². The first-order chi connectivity index (χ1) is 10.2. The number of H-pyrrole nitrogens is 1. The lowest BCUT2D eigenvalue weighted by molar-refractivity contribution is 0.0779. The number of phenols is 1. The highest BCUT2D eigenvalue weighted by molar-refractivity contribution is 6.03. The monoisotopic (exact) mass is 282 g/mol. The van der Waals surface area contributed by atoms with Crippen LogP contribution in [0, 0.1) is 0 Å². The second kappa shape index (κ2) is 5.24. The van der Waals surface area contributed by atoms with Crippen molar-refractivity contribution in [3.63, 3.8) is 0 Å². The van der Waals surface area contributed by atoms with Gasteiger partial charge in [0.2, 0.25) is 0 Å². The Kier molecular flexibility index (Phi) is 3.27. The van der Waals surface area contributed by atoms with Crippen molar-refractivity contribution in [2.24, 2.45) is 0 Å². The van der Waals surface area contributed by atoms with Gasteiger partial charge in [0, 0.05) is 12.4 Å². The standard InChI is InChI=1S/C15H14N4O2/c1-19(8-13-16-9-17-18-13)15(21)12-7-6-10-4-2-3-5-11(10)14(12)20/h2-7,9,20H,8H2,1H3,(H,16,17,18). The molecule has 21 heavy (non-hydrogen) atoms. The van der Waals surface area contributed by atoms with Crippen LogP contribution in [0.4, 0.5) is 0 Å². The van der Waals surface area contributed by atoms with Crippen molar-refractivity contribution in [1.29, 1.82) is 0 Å². The van der Waals surface area contributed by atoms with Crippen LogP contribution in [0.15, 0.2) is 42.7 Å². The van der Waals surface area contributed by atoms with Crippen LogP contribution in [0.25, 0.3) is 10.8 Å². The Labute approximate surface area is 121 Å². The number of amides is 1. The number of aromatic nitrogens is 3. The number of aromatic amines is 1. The predicted octanol–water partition coefficient (Wildman–Crippen LogP) is 1.94. The molecule has 0 saturated carbocycles. The van der Waals surface area contributed by atoms with E-state index in [4.69, 9.17) is 0 Å². The first-order valence-corrected chi connectivity index (χ1v) is 6.47. The zero-order chi connectivity index (χ0) is 14.8. The van der Waals surface area contributed by atoms with Crippen molar-refractivity contribution in [2.45, 2.75) is 6.54 Å². The van der Waals surface area contributed by atoms with Gasteiger partial charge in [0.1, 0.15) is 17.9 Å². The molecule has 0 atom stereocenters. The number of hydrogen-bond acceptors (Lipinski definition) is 4. The van der Waals surface area contributed by atoms with Crippen molar-refractivity contribution < 1.29 is 9.90 Å². The lowest BCUT2D eigenvalue weighted by Gasteiger charge is -2.17. The van der Waals surface area contributed by atoms with Gasteiger partial charge in [-0.15, -0.1) is 0 Å². The van der Waals surface area contributed by atoms with Crippen LogP contribution in [-0.4, -0.2) is 38.1 Å².